The van der Waals surface area contributed by atoms with E-state index in [1.165, 1.54) is 7.11 Å². The summed E-state index contributed by atoms with van der Waals surface area (Å²) in [5, 5.41) is 3.00. The van der Waals surface area contributed by atoms with Gasteiger partial charge in [-0.2, -0.15) is 0 Å². The third kappa shape index (κ3) is 5.14. The van der Waals surface area contributed by atoms with Crippen molar-refractivity contribution in [3.63, 3.8) is 0 Å². The van der Waals surface area contributed by atoms with Crippen molar-refractivity contribution in [3.05, 3.63) is 0 Å². The molecule has 1 N–H and O–H groups in total. The lowest BCUT2D eigenvalue weighted by atomic mass is 9.95. The van der Waals surface area contributed by atoms with Gasteiger partial charge in [0.1, 0.15) is 5.54 Å². The fraction of sp³-hybridized carbons (Fsp3) is 0.909. The molecule has 0 saturated carbocycles. The lowest BCUT2D eigenvalue weighted by Gasteiger charge is -2.25. The van der Waals surface area contributed by atoms with Gasteiger partial charge in [-0.05, 0) is 40.2 Å². The molecule has 0 spiro atoms. The average molecular weight is 217 g/mol. The van der Waals surface area contributed by atoms with E-state index in [2.05, 4.69) is 5.32 Å². The molecule has 0 saturated heterocycles. The lowest BCUT2D eigenvalue weighted by Crippen LogP contribution is -2.48. The molecule has 0 aliphatic heterocycles. The zero-order valence-corrected chi connectivity index (χ0v) is 10.3. The maximum absolute atomic E-state index is 11.5. The summed E-state index contributed by atoms with van der Waals surface area (Å²) in [5.74, 6) is -0.207. The second-order valence-corrected chi connectivity index (χ2v) is 3.73. The Morgan fingerprint density at radius 3 is 2.53 bits per heavy atom. The molecule has 90 valence electrons. The van der Waals surface area contributed by atoms with Crippen molar-refractivity contribution in [1.29, 1.82) is 0 Å². The summed E-state index contributed by atoms with van der Waals surface area (Å²) in [7, 11) is 3.19. The van der Waals surface area contributed by atoms with Crippen molar-refractivity contribution in [2.45, 2.75) is 38.6 Å². The number of hydrogen-bond acceptors (Lipinski definition) is 4. The molecule has 0 bridgehead atoms. The summed E-state index contributed by atoms with van der Waals surface area (Å²) in [6, 6.07) is 0. The van der Waals surface area contributed by atoms with Crippen LogP contribution in [-0.4, -0.2) is 38.9 Å². The molecular weight excluding hydrogens is 194 g/mol. The Morgan fingerprint density at radius 2 is 2.07 bits per heavy atom. The number of methoxy groups -OCH3 is 1. The number of unbranched alkanes of at least 4 members (excludes halogenated alkanes) is 1. The van der Waals surface area contributed by atoms with Crippen LogP contribution in [0.4, 0.5) is 0 Å². The quantitative estimate of drug-likeness (QED) is 0.492. The zero-order valence-electron chi connectivity index (χ0n) is 10.3. The van der Waals surface area contributed by atoms with Crippen LogP contribution in [-0.2, 0) is 14.3 Å². The summed E-state index contributed by atoms with van der Waals surface area (Å²) >= 11 is 0. The van der Waals surface area contributed by atoms with Crippen molar-refractivity contribution < 1.29 is 14.3 Å². The van der Waals surface area contributed by atoms with Gasteiger partial charge < -0.3 is 14.8 Å². The molecule has 4 heteroatoms. The van der Waals surface area contributed by atoms with Gasteiger partial charge in [0, 0.05) is 13.2 Å². The van der Waals surface area contributed by atoms with Crippen molar-refractivity contribution in [2.75, 3.05) is 27.4 Å². The Morgan fingerprint density at radius 1 is 1.40 bits per heavy atom. The highest BCUT2D eigenvalue weighted by Gasteiger charge is 2.31. The molecule has 0 aromatic heterocycles. The molecule has 0 fully saturated rings. The van der Waals surface area contributed by atoms with Crippen molar-refractivity contribution in [3.8, 4) is 0 Å². The SMILES string of the molecule is CCOCCCCC(C)(NC)C(=O)OC. The minimum absolute atomic E-state index is 0.207. The topological polar surface area (TPSA) is 47.6 Å². The van der Waals surface area contributed by atoms with E-state index in [9.17, 15) is 4.79 Å². The molecule has 0 radical (unpaired) electrons. The van der Waals surface area contributed by atoms with Crippen LogP contribution in [0.1, 0.15) is 33.1 Å². The van der Waals surface area contributed by atoms with Crippen LogP contribution in [0.2, 0.25) is 0 Å². The predicted octanol–water partition coefficient (Wildman–Crippen LogP) is 1.34. The number of rotatable bonds is 8. The number of ether oxygens (including phenoxy) is 2. The standard InChI is InChI=1S/C11H23NO3/c1-5-15-9-7-6-8-11(2,12-3)10(13)14-4/h12H,5-9H2,1-4H3. The molecule has 15 heavy (non-hydrogen) atoms. The van der Waals surface area contributed by atoms with Gasteiger partial charge in [0.15, 0.2) is 0 Å². The van der Waals surface area contributed by atoms with Crippen LogP contribution in [0.15, 0.2) is 0 Å². The zero-order chi connectivity index (χ0) is 11.7. The molecule has 0 aromatic rings. The fourth-order valence-electron chi connectivity index (χ4n) is 1.38. The molecule has 0 heterocycles. The second-order valence-electron chi connectivity index (χ2n) is 3.73. The van der Waals surface area contributed by atoms with Gasteiger partial charge in [-0.1, -0.05) is 0 Å². The van der Waals surface area contributed by atoms with E-state index in [1.807, 2.05) is 13.8 Å². The highest BCUT2D eigenvalue weighted by molar-refractivity contribution is 5.80. The summed E-state index contributed by atoms with van der Waals surface area (Å²) < 4.78 is 9.98. The predicted molar refractivity (Wildman–Crippen MR) is 59.8 cm³/mol. The molecule has 1 atom stereocenters. The summed E-state index contributed by atoms with van der Waals surface area (Å²) in [4.78, 5) is 11.5. The molecule has 0 aliphatic carbocycles. The number of esters is 1. The van der Waals surface area contributed by atoms with Gasteiger partial charge >= 0.3 is 5.97 Å². The minimum Gasteiger partial charge on any atom is -0.468 e. The minimum atomic E-state index is -0.568. The molecule has 0 aliphatic rings. The second kappa shape index (κ2) is 7.65. The van der Waals surface area contributed by atoms with Gasteiger partial charge in [0.2, 0.25) is 0 Å². The van der Waals surface area contributed by atoms with Crippen LogP contribution >= 0.6 is 0 Å². The first-order valence-electron chi connectivity index (χ1n) is 5.45. The lowest BCUT2D eigenvalue weighted by molar-refractivity contribution is -0.148. The fourth-order valence-corrected chi connectivity index (χ4v) is 1.38. The highest BCUT2D eigenvalue weighted by atomic mass is 16.5. The number of carbonyl (C=O) groups excluding carboxylic acids is 1. The van der Waals surface area contributed by atoms with Crippen molar-refractivity contribution in [1.82, 2.24) is 5.32 Å². The Balaban J connectivity index is 3.83. The maximum atomic E-state index is 11.5. The van der Waals surface area contributed by atoms with Crippen LogP contribution in [0, 0.1) is 0 Å². The Bertz CT molecular complexity index is 185. The van der Waals surface area contributed by atoms with E-state index in [0.29, 0.717) is 0 Å². The third-order valence-corrected chi connectivity index (χ3v) is 2.61. The van der Waals surface area contributed by atoms with Crippen molar-refractivity contribution in [2.24, 2.45) is 0 Å². The van der Waals surface area contributed by atoms with E-state index >= 15 is 0 Å². The monoisotopic (exact) mass is 217 g/mol. The van der Waals surface area contributed by atoms with E-state index in [0.717, 1.165) is 32.5 Å². The molecule has 4 nitrogen and oxygen atoms in total. The summed E-state index contributed by atoms with van der Waals surface area (Å²) in [6.07, 6.45) is 2.69. The molecule has 0 aromatic carbocycles. The Kier molecular flexibility index (Phi) is 7.34. The van der Waals surface area contributed by atoms with Gasteiger partial charge in [-0.3, -0.25) is 4.79 Å². The number of likely N-dealkylation sites (N-methyl/N-ethyl adjacent to an activating group) is 1. The Hall–Kier alpha value is -0.610. The van der Waals surface area contributed by atoms with Crippen LogP contribution in [0.5, 0.6) is 0 Å². The number of hydrogen-bond donors (Lipinski definition) is 1. The van der Waals surface area contributed by atoms with Gasteiger partial charge in [-0.25, -0.2) is 0 Å². The third-order valence-electron chi connectivity index (χ3n) is 2.61. The van der Waals surface area contributed by atoms with E-state index in [1.54, 1.807) is 7.05 Å². The van der Waals surface area contributed by atoms with Crippen LogP contribution in [0.3, 0.4) is 0 Å². The van der Waals surface area contributed by atoms with Gasteiger partial charge in [-0.15, -0.1) is 0 Å². The largest absolute Gasteiger partial charge is 0.468 e. The number of carbonyl (C=O) groups is 1. The average Bonchev–Trinajstić information content (AvgIpc) is 2.27. The van der Waals surface area contributed by atoms with Gasteiger partial charge in [0.05, 0.1) is 7.11 Å². The summed E-state index contributed by atoms with van der Waals surface area (Å²) in [5.41, 5.74) is -0.568. The smallest absolute Gasteiger partial charge is 0.325 e. The van der Waals surface area contributed by atoms with Crippen LogP contribution in [0.25, 0.3) is 0 Å². The molecule has 0 amide bonds. The normalized spacial score (nSPS) is 14.7. The van der Waals surface area contributed by atoms with Crippen LogP contribution < -0.4 is 5.32 Å². The maximum Gasteiger partial charge on any atom is 0.325 e. The van der Waals surface area contributed by atoms with Gasteiger partial charge in [0.25, 0.3) is 0 Å². The molecule has 0 rings (SSSR count). The van der Waals surface area contributed by atoms with E-state index < -0.39 is 5.54 Å². The van der Waals surface area contributed by atoms with Crippen molar-refractivity contribution >= 4 is 5.97 Å². The molecule has 1 unspecified atom stereocenters. The molecular formula is C11H23NO3. The van der Waals surface area contributed by atoms with E-state index in [-0.39, 0.29) is 5.97 Å². The first-order chi connectivity index (χ1) is 7.10. The Labute approximate surface area is 92.3 Å². The first kappa shape index (κ1) is 14.4. The summed E-state index contributed by atoms with van der Waals surface area (Å²) in [6.45, 7) is 5.35. The first-order valence-corrected chi connectivity index (χ1v) is 5.45. The van der Waals surface area contributed by atoms with E-state index in [4.69, 9.17) is 9.47 Å². The number of nitrogens with one attached hydrogen (secondary N) is 1. The highest BCUT2D eigenvalue weighted by Crippen LogP contribution is 2.15.